The topological polar surface area (TPSA) is 38.8 Å². The predicted octanol–water partition coefficient (Wildman–Crippen LogP) is 3.19. The Bertz CT molecular complexity index is 423. The van der Waals surface area contributed by atoms with Crippen molar-refractivity contribution in [1.29, 1.82) is 0 Å². The van der Waals surface area contributed by atoms with Crippen LogP contribution in [0.4, 0.5) is 0 Å². The van der Waals surface area contributed by atoms with E-state index in [9.17, 15) is 4.79 Å². The molecule has 0 amide bonds. The lowest BCUT2D eigenvalue weighted by Gasteiger charge is -2.19. The van der Waals surface area contributed by atoms with Crippen LogP contribution in [0.25, 0.3) is 0 Å². The number of carbonyl (C=O) groups excluding carboxylic acids is 1. The van der Waals surface area contributed by atoms with Crippen LogP contribution in [0.2, 0.25) is 0 Å². The molecule has 2 atom stereocenters. The second-order valence-corrected chi connectivity index (χ2v) is 5.50. The van der Waals surface area contributed by atoms with Gasteiger partial charge in [0.05, 0.1) is 11.7 Å². The highest BCUT2D eigenvalue weighted by Crippen LogP contribution is 2.38. The molecule has 0 radical (unpaired) electrons. The summed E-state index contributed by atoms with van der Waals surface area (Å²) < 4.78 is 11.0. The standard InChI is InChI=1S/C16H20O3/c17-16(13-9-5-2-6-10-13)18-11-14-15(19-14)12-7-3-1-4-8-12/h2,5-6,9-10,12,14-15H,1,3-4,7-8,11H2. The van der Waals surface area contributed by atoms with Gasteiger partial charge in [0.1, 0.15) is 12.7 Å². The van der Waals surface area contributed by atoms with E-state index < -0.39 is 0 Å². The summed E-state index contributed by atoms with van der Waals surface area (Å²) in [5.41, 5.74) is 0.609. The summed E-state index contributed by atoms with van der Waals surface area (Å²) in [6, 6.07) is 9.12. The summed E-state index contributed by atoms with van der Waals surface area (Å²) in [5.74, 6) is 0.438. The molecular weight excluding hydrogens is 240 g/mol. The molecule has 3 heteroatoms. The SMILES string of the molecule is O=C(OCC1OC1C1CCCCC1)c1ccccc1. The highest BCUT2D eigenvalue weighted by atomic mass is 16.6. The Morgan fingerprint density at radius 1 is 1.16 bits per heavy atom. The van der Waals surface area contributed by atoms with Crippen LogP contribution < -0.4 is 0 Å². The summed E-state index contributed by atoms with van der Waals surface area (Å²) in [5, 5.41) is 0. The zero-order valence-electron chi connectivity index (χ0n) is 11.1. The molecule has 0 aromatic heterocycles. The lowest BCUT2D eigenvalue weighted by atomic mass is 9.86. The maximum Gasteiger partial charge on any atom is 0.338 e. The minimum absolute atomic E-state index is 0.135. The van der Waals surface area contributed by atoms with Crippen LogP contribution in [-0.2, 0) is 9.47 Å². The van der Waals surface area contributed by atoms with Gasteiger partial charge in [-0.1, -0.05) is 37.5 Å². The van der Waals surface area contributed by atoms with Gasteiger partial charge in [0.2, 0.25) is 0 Å². The quantitative estimate of drug-likeness (QED) is 0.616. The number of ether oxygens (including phenoxy) is 2. The van der Waals surface area contributed by atoms with Gasteiger partial charge in [-0.2, -0.15) is 0 Å². The first-order valence-electron chi connectivity index (χ1n) is 7.22. The molecule has 0 bridgehead atoms. The van der Waals surface area contributed by atoms with Crippen LogP contribution in [0.5, 0.6) is 0 Å². The molecule has 1 saturated heterocycles. The summed E-state index contributed by atoms with van der Waals surface area (Å²) >= 11 is 0. The summed E-state index contributed by atoms with van der Waals surface area (Å²) in [7, 11) is 0. The maximum atomic E-state index is 11.8. The molecule has 2 fully saturated rings. The average Bonchev–Trinajstić information content (AvgIpc) is 3.26. The number of benzene rings is 1. The van der Waals surface area contributed by atoms with Crippen LogP contribution in [0.1, 0.15) is 42.5 Å². The van der Waals surface area contributed by atoms with Gasteiger partial charge >= 0.3 is 5.97 Å². The molecule has 1 aromatic carbocycles. The molecule has 102 valence electrons. The van der Waals surface area contributed by atoms with E-state index in [0.29, 0.717) is 24.2 Å². The molecule has 3 nitrogen and oxygen atoms in total. The molecule has 3 rings (SSSR count). The number of hydrogen-bond acceptors (Lipinski definition) is 3. The van der Waals surface area contributed by atoms with Gasteiger partial charge in [-0.15, -0.1) is 0 Å². The fraction of sp³-hybridized carbons (Fsp3) is 0.562. The van der Waals surface area contributed by atoms with Crippen molar-refractivity contribution in [2.75, 3.05) is 6.61 Å². The highest BCUT2D eigenvalue weighted by molar-refractivity contribution is 5.89. The van der Waals surface area contributed by atoms with Crippen molar-refractivity contribution in [2.24, 2.45) is 5.92 Å². The predicted molar refractivity (Wildman–Crippen MR) is 72.0 cm³/mol. The van der Waals surface area contributed by atoms with Crippen molar-refractivity contribution in [1.82, 2.24) is 0 Å². The maximum absolute atomic E-state index is 11.8. The van der Waals surface area contributed by atoms with Crippen molar-refractivity contribution in [3.8, 4) is 0 Å². The molecule has 19 heavy (non-hydrogen) atoms. The molecule has 1 saturated carbocycles. The van der Waals surface area contributed by atoms with Gasteiger partial charge in [0, 0.05) is 0 Å². The van der Waals surface area contributed by atoms with Crippen LogP contribution in [0.15, 0.2) is 30.3 Å². The largest absolute Gasteiger partial charge is 0.459 e. The van der Waals surface area contributed by atoms with Crippen LogP contribution in [0.3, 0.4) is 0 Å². The molecule has 0 N–H and O–H groups in total. The Morgan fingerprint density at radius 2 is 1.89 bits per heavy atom. The third-order valence-corrected chi connectivity index (χ3v) is 4.12. The Kier molecular flexibility index (Phi) is 3.83. The zero-order valence-corrected chi connectivity index (χ0v) is 11.1. The van der Waals surface area contributed by atoms with Crippen LogP contribution >= 0.6 is 0 Å². The van der Waals surface area contributed by atoms with Crippen LogP contribution in [0, 0.1) is 5.92 Å². The van der Waals surface area contributed by atoms with Gasteiger partial charge in [0.25, 0.3) is 0 Å². The lowest BCUT2D eigenvalue weighted by molar-refractivity contribution is 0.0476. The van der Waals surface area contributed by atoms with Gasteiger partial charge in [-0.25, -0.2) is 4.79 Å². The number of epoxide rings is 1. The third-order valence-electron chi connectivity index (χ3n) is 4.12. The van der Waals surface area contributed by atoms with Crippen LogP contribution in [-0.4, -0.2) is 24.8 Å². The van der Waals surface area contributed by atoms with Crippen molar-refractivity contribution in [3.63, 3.8) is 0 Å². The Hall–Kier alpha value is -1.35. The average molecular weight is 260 g/mol. The fourth-order valence-corrected chi connectivity index (χ4v) is 2.98. The van der Waals surface area contributed by atoms with Crippen molar-refractivity contribution >= 4 is 5.97 Å². The summed E-state index contributed by atoms with van der Waals surface area (Å²) in [4.78, 5) is 11.8. The lowest BCUT2D eigenvalue weighted by Crippen LogP contribution is -2.18. The first-order chi connectivity index (χ1) is 9.34. The Morgan fingerprint density at radius 3 is 2.63 bits per heavy atom. The first-order valence-corrected chi connectivity index (χ1v) is 7.22. The molecule has 1 heterocycles. The minimum Gasteiger partial charge on any atom is -0.459 e. The smallest absolute Gasteiger partial charge is 0.338 e. The van der Waals surface area contributed by atoms with E-state index in [-0.39, 0.29) is 12.1 Å². The molecule has 1 aromatic rings. The van der Waals surface area contributed by atoms with Gasteiger partial charge < -0.3 is 9.47 Å². The molecule has 2 aliphatic rings. The Balaban J connectivity index is 1.43. The van der Waals surface area contributed by atoms with E-state index in [1.807, 2.05) is 18.2 Å². The second kappa shape index (κ2) is 5.74. The van der Waals surface area contributed by atoms with Crippen molar-refractivity contribution in [2.45, 2.75) is 44.3 Å². The van der Waals surface area contributed by atoms with E-state index >= 15 is 0 Å². The van der Waals surface area contributed by atoms with Gasteiger partial charge in [-0.05, 0) is 30.9 Å². The molecular formula is C16H20O3. The van der Waals surface area contributed by atoms with Gasteiger partial charge in [-0.3, -0.25) is 0 Å². The fourth-order valence-electron chi connectivity index (χ4n) is 2.98. The van der Waals surface area contributed by atoms with Crippen molar-refractivity contribution < 1.29 is 14.3 Å². The first kappa shape index (κ1) is 12.7. The molecule has 1 aliphatic heterocycles. The summed E-state index contributed by atoms with van der Waals surface area (Å²) in [6.07, 6.45) is 7.01. The summed E-state index contributed by atoms with van der Waals surface area (Å²) in [6.45, 7) is 0.398. The zero-order chi connectivity index (χ0) is 13.1. The number of rotatable bonds is 4. The van der Waals surface area contributed by atoms with Gasteiger partial charge in [0.15, 0.2) is 0 Å². The highest BCUT2D eigenvalue weighted by Gasteiger charge is 2.45. The minimum atomic E-state index is -0.251. The number of hydrogen-bond donors (Lipinski definition) is 0. The van der Waals surface area contributed by atoms with E-state index in [1.54, 1.807) is 12.1 Å². The number of carbonyl (C=O) groups is 1. The molecule has 0 spiro atoms. The Labute approximate surface area is 113 Å². The third kappa shape index (κ3) is 3.16. The number of esters is 1. The monoisotopic (exact) mass is 260 g/mol. The van der Waals surface area contributed by atoms with E-state index in [4.69, 9.17) is 9.47 Å². The van der Waals surface area contributed by atoms with Crippen molar-refractivity contribution in [3.05, 3.63) is 35.9 Å². The second-order valence-electron chi connectivity index (χ2n) is 5.50. The van der Waals surface area contributed by atoms with E-state index in [1.165, 1.54) is 32.1 Å². The molecule has 2 unspecified atom stereocenters. The van der Waals surface area contributed by atoms with E-state index in [2.05, 4.69) is 0 Å². The normalized spacial score (nSPS) is 26.9. The molecule has 1 aliphatic carbocycles. The van der Waals surface area contributed by atoms with E-state index in [0.717, 1.165) is 0 Å².